The lowest BCUT2D eigenvalue weighted by molar-refractivity contribution is -0.119. The molecule has 148 valence electrons. The van der Waals surface area contributed by atoms with E-state index in [-0.39, 0.29) is 11.3 Å². The zero-order chi connectivity index (χ0) is 20.6. The van der Waals surface area contributed by atoms with Gasteiger partial charge in [-0.3, -0.25) is 4.79 Å². The number of anilines is 1. The lowest BCUT2D eigenvalue weighted by Gasteiger charge is -2.07. The first-order valence-electron chi connectivity index (χ1n) is 8.64. The summed E-state index contributed by atoms with van der Waals surface area (Å²) < 4.78 is 11.1. The minimum absolute atomic E-state index is 0.00131. The van der Waals surface area contributed by atoms with Crippen molar-refractivity contribution in [1.29, 1.82) is 0 Å². The first-order valence-corrected chi connectivity index (χ1v) is 8.64. The minimum Gasteiger partial charge on any atom is -0.465 e. The smallest absolute Gasteiger partial charge is 0.361 e. The zero-order valence-electron chi connectivity index (χ0n) is 15.6. The van der Waals surface area contributed by atoms with E-state index in [4.69, 9.17) is 4.74 Å². The van der Waals surface area contributed by atoms with Crippen LogP contribution in [0, 0.1) is 0 Å². The topological polar surface area (TPSA) is 112 Å². The predicted octanol–water partition coefficient (Wildman–Crippen LogP) is 1.91. The van der Waals surface area contributed by atoms with Gasteiger partial charge in [-0.25, -0.2) is 14.3 Å². The molecule has 0 saturated carbocycles. The van der Waals surface area contributed by atoms with E-state index in [2.05, 4.69) is 20.4 Å². The molecule has 0 bridgehead atoms. The van der Waals surface area contributed by atoms with Gasteiger partial charge in [0.15, 0.2) is 12.3 Å². The molecule has 0 atom stereocenters. The molecule has 0 fully saturated rings. The van der Waals surface area contributed by atoms with E-state index in [9.17, 15) is 14.4 Å². The number of hydrogen-bond acceptors (Lipinski definition) is 7. The standard InChI is InChI=1S/C20H18N4O5/c1-28-19(26)15-8-5-9-16(10-15)21-18(25)13-29-20(27)17-12-24(23-22-17)11-14-6-3-2-4-7-14/h2-10,12H,11,13H2,1H3,(H,21,25). The second kappa shape index (κ2) is 9.27. The van der Waals surface area contributed by atoms with Crippen molar-refractivity contribution in [2.45, 2.75) is 6.54 Å². The summed E-state index contributed by atoms with van der Waals surface area (Å²) in [5.41, 5.74) is 1.67. The number of carbonyl (C=O) groups is 3. The maximum Gasteiger partial charge on any atom is 0.361 e. The van der Waals surface area contributed by atoms with Crippen LogP contribution in [0.15, 0.2) is 60.8 Å². The molecule has 29 heavy (non-hydrogen) atoms. The predicted molar refractivity (Wildman–Crippen MR) is 102 cm³/mol. The van der Waals surface area contributed by atoms with Crippen LogP contribution in [0.25, 0.3) is 0 Å². The number of amides is 1. The number of nitrogens with zero attached hydrogens (tertiary/aromatic N) is 3. The molecule has 0 aliphatic heterocycles. The summed E-state index contributed by atoms with van der Waals surface area (Å²) in [6.07, 6.45) is 1.45. The largest absolute Gasteiger partial charge is 0.465 e. The molecule has 1 amide bonds. The van der Waals surface area contributed by atoms with Gasteiger partial charge in [-0.05, 0) is 23.8 Å². The Balaban J connectivity index is 1.51. The average Bonchev–Trinajstić information content (AvgIpc) is 3.21. The highest BCUT2D eigenvalue weighted by Gasteiger charge is 2.15. The van der Waals surface area contributed by atoms with Crippen LogP contribution in [0.3, 0.4) is 0 Å². The van der Waals surface area contributed by atoms with Gasteiger partial charge in [0.1, 0.15) is 0 Å². The van der Waals surface area contributed by atoms with Crippen molar-refractivity contribution < 1.29 is 23.9 Å². The van der Waals surface area contributed by atoms with Gasteiger partial charge in [-0.2, -0.15) is 0 Å². The molecule has 3 aromatic rings. The number of aromatic nitrogens is 3. The highest BCUT2D eigenvalue weighted by atomic mass is 16.5. The van der Waals surface area contributed by atoms with Gasteiger partial charge in [-0.15, -0.1) is 5.10 Å². The van der Waals surface area contributed by atoms with Crippen molar-refractivity contribution in [3.05, 3.63) is 77.6 Å². The molecule has 9 heteroatoms. The molecular weight excluding hydrogens is 376 g/mol. The monoisotopic (exact) mass is 394 g/mol. The summed E-state index contributed by atoms with van der Waals surface area (Å²) in [5.74, 6) is -1.84. The molecule has 0 aliphatic carbocycles. The van der Waals surface area contributed by atoms with Crippen molar-refractivity contribution in [2.75, 3.05) is 19.0 Å². The van der Waals surface area contributed by atoms with Crippen LogP contribution in [-0.4, -0.2) is 46.6 Å². The van der Waals surface area contributed by atoms with Gasteiger partial charge in [0, 0.05) is 5.69 Å². The van der Waals surface area contributed by atoms with Gasteiger partial charge in [0.2, 0.25) is 0 Å². The molecule has 9 nitrogen and oxygen atoms in total. The Bertz CT molecular complexity index is 1020. The van der Waals surface area contributed by atoms with Crippen LogP contribution in [0.4, 0.5) is 5.69 Å². The third-order valence-electron chi connectivity index (χ3n) is 3.84. The lowest BCUT2D eigenvalue weighted by atomic mass is 10.2. The summed E-state index contributed by atoms with van der Waals surface area (Å²) >= 11 is 0. The van der Waals surface area contributed by atoms with Crippen LogP contribution in [-0.2, 0) is 20.8 Å². The van der Waals surface area contributed by atoms with E-state index in [0.717, 1.165) is 5.56 Å². The first-order chi connectivity index (χ1) is 14.0. The molecule has 2 aromatic carbocycles. The fraction of sp³-hybridized carbons (Fsp3) is 0.150. The maximum atomic E-state index is 12.1. The van der Waals surface area contributed by atoms with Crippen LogP contribution >= 0.6 is 0 Å². The Hall–Kier alpha value is -4.01. The van der Waals surface area contributed by atoms with Crippen molar-refractivity contribution in [1.82, 2.24) is 15.0 Å². The second-order valence-electron chi connectivity index (χ2n) is 5.98. The molecule has 0 unspecified atom stereocenters. The van der Waals surface area contributed by atoms with Crippen molar-refractivity contribution in [3.8, 4) is 0 Å². The number of methoxy groups -OCH3 is 1. The quantitative estimate of drug-likeness (QED) is 0.609. The average molecular weight is 394 g/mol. The van der Waals surface area contributed by atoms with Gasteiger partial charge < -0.3 is 14.8 Å². The van der Waals surface area contributed by atoms with Crippen molar-refractivity contribution in [3.63, 3.8) is 0 Å². The Morgan fingerprint density at radius 3 is 2.59 bits per heavy atom. The van der Waals surface area contributed by atoms with Gasteiger partial charge in [0.05, 0.1) is 25.4 Å². The van der Waals surface area contributed by atoms with Crippen molar-refractivity contribution in [2.24, 2.45) is 0 Å². The van der Waals surface area contributed by atoms with Gasteiger partial charge in [-0.1, -0.05) is 41.6 Å². The third-order valence-corrected chi connectivity index (χ3v) is 3.84. The molecule has 1 heterocycles. The molecule has 1 N–H and O–H groups in total. The van der Waals surface area contributed by atoms with Crippen molar-refractivity contribution >= 4 is 23.5 Å². The number of nitrogens with one attached hydrogen (secondary N) is 1. The molecule has 1 aromatic heterocycles. The Labute approximate surface area is 166 Å². The molecular formula is C20H18N4O5. The second-order valence-corrected chi connectivity index (χ2v) is 5.98. The fourth-order valence-electron chi connectivity index (χ4n) is 2.48. The number of ether oxygens (including phenoxy) is 2. The van der Waals surface area contributed by atoms with Crippen LogP contribution < -0.4 is 5.32 Å². The first kappa shape index (κ1) is 19.7. The van der Waals surface area contributed by atoms with Crippen LogP contribution in [0.5, 0.6) is 0 Å². The highest BCUT2D eigenvalue weighted by molar-refractivity contribution is 5.96. The van der Waals surface area contributed by atoms with E-state index in [0.29, 0.717) is 12.2 Å². The number of carbonyl (C=O) groups excluding carboxylic acids is 3. The summed E-state index contributed by atoms with van der Waals surface area (Å²) in [6.45, 7) is -0.0506. The van der Waals surface area contributed by atoms with E-state index < -0.39 is 24.5 Å². The summed E-state index contributed by atoms with van der Waals surface area (Å²) in [7, 11) is 1.27. The van der Waals surface area contributed by atoms with E-state index >= 15 is 0 Å². The summed E-state index contributed by atoms with van der Waals surface area (Å²) in [4.78, 5) is 35.6. The molecule has 0 aliphatic rings. The molecule has 0 saturated heterocycles. The normalized spacial score (nSPS) is 10.2. The number of esters is 2. The summed E-state index contributed by atoms with van der Waals surface area (Å²) in [5, 5.41) is 10.2. The zero-order valence-corrected chi connectivity index (χ0v) is 15.6. The van der Waals surface area contributed by atoms with Gasteiger partial charge in [0.25, 0.3) is 5.91 Å². The molecule has 0 radical (unpaired) electrons. The summed E-state index contributed by atoms with van der Waals surface area (Å²) in [6, 6.07) is 15.8. The maximum absolute atomic E-state index is 12.1. The van der Waals surface area contributed by atoms with Crippen LogP contribution in [0.1, 0.15) is 26.4 Å². The molecule has 0 spiro atoms. The Morgan fingerprint density at radius 2 is 1.83 bits per heavy atom. The third kappa shape index (κ3) is 5.48. The highest BCUT2D eigenvalue weighted by Crippen LogP contribution is 2.11. The van der Waals surface area contributed by atoms with Crippen LogP contribution in [0.2, 0.25) is 0 Å². The van der Waals surface area contributed by atoms with Gasteiger partial charge >= 0.3 is 11.9 Å². The SMILES string of the molecule is COC(=O)c1cccc(NC(=O)COC(=O)c2cn(Cc3ccccc3)nn2)c1. The Kier molecular flexibility index (Phi) is 6.31. The van der Waals surface area contributed by atoms with E-state index in [1.54, 1.807) is 18.2 Å². The fourth-order valence-corrected chi connectivity index (χ4v) is 2.48. The molecule has 3 rings (SSSR count). The number of hydrogen-bond donors (Lipinski definition) is 1. The Morgan fingerprint density at radius 1 is 1.03 bits per heavy atom. The number of benzene rings is 2. The lowest BCUT2D eigenvalue weighted by Crippen LogP contribution is -2.21. The van der Waals surface area contributed by atoms with E-state index in [1.165, 1.54) is 24.1 Å². The minimum atomic E-state index is -0.761. The van der Waals surface area contributed by atoms with E-state index in [1.807, 2.05) is 30.3 Å². The number of rotatable bonds is 7.